The fourth-order valence-corrected chi connectivity index (χ4v) is 3.49. The van der Waals surface area contributed by atoms with Crippen molar-refractivity contribution in [2.75, 3.05) is 28.2 Å². The van der Waals surface area contributed by atoms with E-state index in [4.69, 9.17) is 5.11 Å². The fraction of sp³-hybridized carbons (Fsp3) is 0.263. The molecule has 2 aromatic rings. The number of rotatable bonds is 3. The number of hydrogen-bond acceptors (Lipinski definition) is 6. The molecule has 4 heterocycles. The van der Waals surface area contributed by atoms with E-state index < -0.39 is 23.9 Å². The summed E-state index contributed by atoms with van der Waals surface area (Å²) in [5, 5.41) is 13.5. The van der Waals surface area contributed by atoms with Gasteiger partial charge in [-0.05, 0) is 30.7 Å². The highest BCUT2D eigenvalue weighted by atomic mass is 19.4. The van der Waals surface area contributed by atoms with E-state index >= 15 is 0 Å². The lowest BCUT2D eigenvalue weighted by Crippen LogP contribution is -2.48. The molecule has 2 aliphatic heterocycles. The fourth-order valence-electron chi connectivity index (χ4n) is 3.49. The molecule has 9 nitrogen and oxygen atoms in total. The Morgan fingerprint density at radius 1 is 1.23 bits per heavy atom. The van der Waals surface area contributed by atoms with E-state index in [1.54, 1.807) is 24.3 Å². The summed E-state index contributed by atoms with van der Waals surface area (Å²) in [4.78, 5) is 37.0. The zero-order chi connectivity index (χ0) is 22.2. The maximum atomic E-state index is 13.0. The number of pyridine rings is 2. The van der Waals surface area contributed by atoms with Gasteiger partial charge in [-0.3, -0.25) is 15.0 Å². The SMILES string of the molecule is O=C(N/C=C(\O)C(F)(F)F)c1ccc2c(n1)N(C(=O)Nc1ccccn1)[C@H]1CCN2C1. The number of urea groups is 1. The van der Waals surface area contributed by atoms with Crippen LogP contribution < -0.4 is 20.4 Å². The highest BCUT2D eigenvalue weighted by Crippen LogP contribution is 2.39. The quantitative estimate of drug-likeness (QED) is 0.641. The highest BCUT2D eigenvalue weighted by Gasteiger charge is 2.40. The molecule has 12 heteroatoms. The van der Waals surface area contributed by atoms with E-state index in [9.17, 15) is 22.8 Å². The zero-order valence-electron chi connectivity index (χ0n) is 15.9. The van der Waals surface area contributed by atoms with E-state index in [1.165, 1.54) is 17.2 Å². The van der Waals surface area contributed by atoms with E-state index in [1.807, 2.05) is 10.2 Å². The van der Waals surface area contributed by atoms with Gasteiger partial charge in [0.15, 0.2) is 5.82 Å². The molecule has 0 spiro atoms. The predicted octanol–water partition coefficient (Wildman–Crippen LogP) is 2.80. The summed E-state index contributed by atoms with van der Waals surface area (Å²) in [7, 11) is 0. The van der Waals surface area contributed by atoms with Gasteiger partial charge in [0, 0.05) is 19.3 Å². The number of aliphatic hydroxyl groups is 1. The highest BCUT2D eigenvalue weighted by molar-refractivity contribution is 6.05. The molecule has 0 aromatic carbocycles. The molecular formula is C19H17F3N6O3. The second kappa shape index (κ2) is 7.78. The number of carbonyl (C=O) groups is 2. The van der Waals surface area contributed by atoms with Crippen molar-refractivity contribution in [3.8, 4) is 0 Å². The molecule has 1 fully saturated rings. The average molecular weight is 434 g/mol. The van der Waals surface area contributed by atoms with Crippen LogP contribution in [0.3, 0.4) is 0 Å². The summed E-state index contributed by atoms with van der Waals surface area (Å²) in [6.07, 6.45) is -2.61. The normalized spacial score (nSPS) is 17.9. The van der Waals surface area contributed by atoms with Crippen LogP contribution in [-0.4, -0.2) is 52.3 Å². The Hall–Kier alpha value is -3.83. The Labute approximate surface area is 174 Å². The number of aliphatic hydroxyl groups excluding tert-OH is 1. The summed E-state index contributed by atoms with van der Waals surface area (Å²) in [5.41, 5.74) is 0.429. The van der Waals surface area contributed by atoms with Crippen LogP contribution in [0.25, 0.3) is 0 Å². The molecular weight excluding hydrogens is 417 g/mol. The molecule has 1 saturated heterocycles. The summed E-state index contributed by atoms with van der Waals surface area (Å²) >= 11 is 0. The van der Waals surface area contributed by atoms with E-state index in [0.29, 0.717) is 31.0 Å². The summed E-state index contributed by atoms with van der Waals surface area (Å²) in [5.74, 6) is -2.34. The molecule has 0 saturated carbocycles. The number of hydrogen-bond donors (Lipinski definition) is 3. The van der Waals surface area contributed by atoms with Gasteiger partial charge in [-0.25, -0.2) is 14.8 Å². The van der Waals surface area contributed by atoms with E-state index in [-0.39, 0.29) is 23.8 Å². The third-order valence-corrected chi connectivity index (χ3v) is 4.93. The van der Waals surface area contributed by atoms with Crippen molar-refractivity contribution in [2.45, 2.75) is 18.6 Å². The minimum atomic E-state index is -4.98. The minimum absolute atomic E-state index is 0.155. The molecule has 2 aliphatic rings. The molecule has 31 heavy (non-hydrogen) atoms. The largest absolute Gasteiger partial charge is 0.503 e. The van der Waals surface area contributed by atoms with E-state index in [2.05, 4.69) is 15.3 Å². The lowest BCUT2D eigenvalue weighted by atomic mass is 10.1. The Morgan fingerprint density at radius 3 is 2.74 bits per heavy atom. The first-order valence-electron chi connectivity index (χ1n) is 9.28. The molecule has 0 unspecified atom stereocenters. The first-order valence-corrected chi connectivity index (χ1v) is 9.28. The second-order valence-corrected chi connectivity index (χ2v) is 6.94. The molecule has 2 aromatic heterocycles. The molecule has 4 rings (SSSR count). The summed E-state index contributed by atoms with van der Waals surface area (Å²) < 4.78 is 37.2. The van der Waals surface area contributed by atoms with E-state index in [0.717, 1.165) is 0 Å². The minimum Gasteiger partial charge on any atom is -0.503 e. The second-order valence-electron chi connectivity index (χ2n) is 6.94. The third kappa shape index (κ3) is 4.09. The lowest BCUT2D eigenvalue weighted by molar-refractivity contribution is -0.120. The Morgan fingerprint density at radius 2 is 2.03 bits per heavy atom. The Bertz CT molecular complexity index is 1040. The van der Waals surface area contributed by atoms with Gasteiger partial charge >= 0.3 is 12.2 Å². The number of halogens is 3. The third-order valence-electron chi connectivity index (χ3n) is 4.93. The molecule has 3 N–H and O–H groups in total. The van der Waals surface area contributed by atoms with Crippen molar-refractivity contribution in [2.24, 2.45) is 0 Å². The first kappa shape index (κ1) is 20.4. The molecule has 0 aliphatic carbocycles. The number of carbonyl (C=O) groups excluding carboxylic acids is 2. The van der Waals surface area contributed by atoms with Crippen molar-refractivity contribution in [3.05, 3.63) is 54.2 Å². The van der Waals surface area contributed by atoms with Gasteiger partial charge in [0.1, 0.15) is 11.5 Å². The van der Waals surface area contributed by atoms with Crippen molar-refractivity contribution in [1.29, 1.82) is 0 Å². The number of amides is 3. The van der Waals surface area contributed by atoms with Gasteiger partial charge < -0.3 is 15.3 Å². The van der Waals surface area contributed by atoms with Gasteiger partial charge in [-0.1, -0.05) is 6.07 Å². The van der Waals surface area contributed by atoms with Crippen LogP contribution in [0.4, 0.5) is 35.3 Å². The molecule has 1 atom stereocenters. The van der Waals surface area contributed by atoms with Crippen LogP contribution in [0.2, 0.25) is 0 Å². The van der Waals surface area contributed by atoms with Gasteiger partial charge in [-0.15, -0.1) is 0 Å². The number of fused-ring (bicyclic) bond motifs is 4. The topological polar surface area (TPSA) is 111 Å². The van der Waals surface area contributed by atoms with Crippen molar-refractivity contribution < 1.29 is 27.9 Å². The van der Waals surface area contributed by atoms with Crippen molar-refractivity contribution >= 4 is 29.3 Å². The molecule has 3 amide bonds. The monoisotopic (exact) mass is 434 g/mol. The molecule has 162 valence electrons. The summed E-state index contributed by atoms with van der Waals surface area (Å²) in [6, 6.07) is 7.32. The van der Waals surface area contributed by atoms with Gasteiger partial charge in [0.2, 0.25) is 5.76 Å². The number of alkyl halides is 3. The molecule has 0 radical (unpaired) electrons. The maximum absolute atomic E-state index is 13.0. The van der Waals surface area contributed by atoms with Crippen LogP contribution in [0.5, 0.6) is 0 Å². The number of aromatic nitrogens is 2. The van der Waals surface area contributed by atoms with Crippen molar-refractivity contribution in [1.82, 2.24) is 15.3 Å². The van der Waals surface area contributed by atoms with Gasteiger partial charge in [0.25, 0.3) is 5.91 Å². The smallest absolute Gasteiger partial charge is 0.450 e. The average Bonchev–Trinajstić information content (AvgIpc) is 3.15. The van der Waals surface area contributed by atoms with Crippen LogP contribution in [-0.2, 0) is 0 Å². The zero-order valence-corrected chi connectivity index (χ0v) is 15.9. The van der Waals surface area contributed by atoms with Crippen molar-refractivity contribution in [3.63, 3.8) is 0 Å². The van der Waals surface area contributed by atoms with Gasteiger partial charge in [-0.2, -0.15) is 13.2 Å². The van der Waals surface area contributed by atoms with Crippen LogP contribution in [0, 0.1) is 0 Å². The number of anilines is 3. The predicted molar refractivity (Wildman–Crippen MR) is 105 cm³/mol. The summed E-state index contributed by atoms with van der Waals surface area (Å²) in [6.45, 7) is 1.29. The standard InChI is InChI=1S/C19H17F3N6O3/c20-19(21,22)14(29)9-24-17(30)12-4-5-13-16(25-12)28(11-6-8-27(13)10-11)18(31)26-15-3-1-2-7-23-15/h1-5,7,9,11,29H,6,8,10H2,(H,24,30)(H,23,26,31)/b14-9-/t11-/m0/s1. The Balaban J connectivity index is 1.61. The lowest BCUT2D eigenvalue weighted by Gasteiger charge is -2.35. The van der Waals surface area contributed by atoms with Crippen LogP contribution in [0.15, 0.2) is 48.5 Å². The maximum Gasteiger partial charge on any atom is 0.450 e. The number of nitrogens with one attached hydrogen (secondary N) is 2. The van der Waals surface area contributed by atoms with Gasteiger partial charge in [0.05, 0.1) is 17.9 Å². The number of nitrogens with zero attached hydrogens (tertiary/aromatic N) is 4. The molecule has 2 bridgehead atoms. The first-order chi connectivity index (χ1) is 14.7. The Kier molecular flexibility index (Phi) is 5.13. The van der Waals surface area contributed by atoms with Crippen LogP contribution in [0.1, 0.15) is 16.9 Å². The van der Waals surface area contributed by atoms with Crippen LogP contribution >= 0.6 is 0 Å². The number of allylic oxidation sites excluding steroid dienone is 1.